The maximum atomic E-state index is 13.9. The number of carbonyl (C=O) groups excluding carboxylic acids is 1. The number of benzene rings is 3. The summed E-state index contributed by atoms with van der Waals surface area (Å²) in [6, 6.07) is 21.2. The van der Waals surface area contributed by atoms with E-state index in [9.17, 15) is 19.5 Å². The first-order chi connectivity index (χ1) is 20.5. The average molecular weight is 580 g/mol. The lowest BCUT2D eigenvalue weighted by Gasteiger charge is -2.28. The SMILES string of the molecule is Cc1c(CC(C(=O)O)C(C)(C)C)cccc1NC(=O)C(c1ccc(Cn2ncc3ccccc3c2=O)cc1)C1CCCC1. The van der Waals surface area contributed by atoms with Crippen molar-refractivity contribution in [3.05, 3.63) is 106 Å². The summed E-state index contributed by atoms with van der Waals surface area (Å²) in [5.74, 6) is -1.45. The largest absolute Gasteiger partial charge is 0.481 e. The number of fused-ring (bicyclic) bond motifs is 1. The molecule has 0 spiro atoms. The molecule has 2 atom stereocenters. The number of carboxylic acids is 1. The van der Waals surface area contributed by atoms with Gasteiger partial charge in [-0.1, -0.05) is 88.2 Å². The number of rotatable bonds is 9. The molecule has 5 rings (SSSR count). The lowest BCUT2D eigenvalue weighted by atomic mass is 9.76. The molecule has 0 aliphatic heterocycles. The molecule has 0 saturated heterocycles. The van der Waals surface area contributed by atoms with Crippen LogP contribution in [-0.4, -0.2) is 26.8 Å². The topological polar surface area (TPSA) is 101 Å². The Hall–Kier alpha value is -4.26. The number of nitrogens with one attached hydrogen (secondary N) is 1. The summed E-state index contributed by atoms with van der Waals surface area (Å²) in [4.78, 5) is 38.9. The number of nitrogens with zero attached hydrogens (tertiary/aromatic N) is 2. The summed E-state index contributed by atoms with van der Waals surface area (Å²) in [6.45, 7) is 8.14. The van der Waals surface area contributed by atoms with Gasteiger partial charge in [0, 0.05) is 11.1 Å². The van der Waals surface area contributed by atoms with Crippen molar-refractivity contribution >= 4 is 28.3 Å². The zero-order chi connectivity index (χ0) is 30.7. The van der Waals surface area contributed by atoms with E-state index in [2.05, 4.69) is 10.4 Å². The molecule has 1 heterocycles. The molecular formula is C36H41N3O4. The lowest BCUT2D eigenvalue weighted by molar-refractivity contribution is -0.145. The lowest BCUT2D eigenvalue weighted by Crippen LogP contribution is -2.30. The van der Waals surface area contributed by atoms with Crippen molar-refractivity contribution in [2.45, 2.75) is 72.3 Å². The highest BCUT2D eigenvalue weighted by Gasteiger charge is 2.34. The maximum Gasteiger partial charge on any atom is 0.307 e. The van der Waals surface area contributed by atoms with Gasteiger partial charge in [-0.2, -0.15) is 5.10 Å². The fourth-order valence-electron chi connectivity index (χ4n) is 6.41. The highest BCUT2D eigenvalue weighted by Crippen LogP contribution is 2.39. The normalized spacial score (nSPS) is 15.3. The molecule has 3 aromatic carbocycles. The van der Waals surface area contributed by atoms with Crippen LogP contribution < -0.4 is 10.9 Å². The van der Waals surface area contributed by atoms with Crippen LogP contribution in [0.25, 0.3) is 10.8 Å². The van der Waals surface area contributed by atoms with E-state index < -0.39 is 17.3 Å². The number of anilines is 1. The molecule has 43 heavy (non-hydrogen) atoms. The van der Waals surface area contributed by atoms with Crippen LogP contribution in [0.15, 0.2) is 77.7 Å². The van der Waals surface area contributed by atoms with Gasteiger partial charge in [0.2, 0.25) is 5.91 Å². The predicted molar refractivity (Wildman–Crippen MR) is 170 cm³/mol. The van der Waals surface area contributed by atoms with E-state index in [0.29, 0.717) is 18.4 Å². The van der Waals surface area contributed by atoms with E-state index in [-0.39, 0.29) is 23.3 Å². The van der Waals surface area contributed by atoms with Crippen LogP contribution >= 0.6 is 0 Å². The van der Waals surface area contributed by atoms with Gasteiger partial charge in [0.1, 0.15) is 0 Å². The summed E-state index contributed by atoms with van der Waals surface area (Å²) in [5, 5.41) is 18.9. The molecule has 2 unspecified atom stereocenters. The standard InChI is InChI=1S/C36H41N3O4/c1-23-27(20-30(35(42)43)36(2,3)4)13-9-15-31(23)38-33(40)32(25-10-5-6-11-25)26-18-16-24(17-19-26)22-39-34(41)29-14-8-7-12-28(29)21-37-39/h7-9,12-19,21,25,30,32H,5-6,10-11,20,22H2,1-4H3,(H,38,40)(H,42,43). The summed E-state index contributed by atoms with van der Waals surface area (Å²) < 4.78 is 1.48. The van der Waals surface area contributed by atoms with E-state index in [1.165, 1.54) is 4.68 Å². The fourth-order valence-corrected chi connectivity index (χ4v) is 6.41. The first-order valence-electron chi connectivity index (χ1n) is 15.2. The Morgan fingerprint density at radius 1 is 1.00 bits per heavy atom. The van der Waals surface area contributed by atoms with Gasteiger partial charge < -0.3 is 10.4 Å². The minimum atomic E-state index is -0.813. The quantitative estimate of drug-likeness (QED) is 0.223. The molecule has 1 aromatic heterocycles. The van der Waals surface area contributed by atoms with Crippen molar-refractivity contribution < 1.29 is 14.7 Å². The second-order valence-corrected chi connectivity index (χ2v) is 13.0. The van der Waals surface area contributed by atoms with Gasteiger partial charge in [0.25, 0.3) is 5.56 Å². The van der Waals surface area contributed by atoms with E-state index >= 15 is 0 Å². The van der Waals surface area contributed by atoms with E-state index in [4.69, 9.17) is 0 Å². The van der Waals surface area contributed by atoms with Crippen molar-refractivity contribution in [2.75, 3.05) is 5.32 Å². The Morgan fingerprint density at radius 3 is 2.37 bits per heavy atom. The monoisotopic (exact) mass is 579 g/mol. The molecule has 1 aliphatic rings. The number of hydrogen-bond acceptors (Lipinski definition) is 4. The number of amides is 1. The van der Waals surface area contributed by atoms with Gasteiger partial charge in [-0.15, -0.1) is 0 Å². The van der Waals surface area contributed by atoms with E-state index in [1.54, 1.807) is 6.20 Å². The summed E-state index contributed by atoms with van der Waals surface area (Å²) in [6.07, 6.45) is 6.34. The van der Waals surface area contributed by atoms with E-state index in [1.807, 2.05) is 94.4 Å². The Morgan fingerprint density at radius 2 is 1.70 bits per heavy atom. The van der Waals surface area contributed by atoms with Gasteiger partial charge in [-0.3, -0.25) is 14.4 Å². The van der Waals surface area contributed by atoms with Crippen LogP contribution in [0, 0.1) is 24.2 Å². The maximum absolute atomic E-state index is 13.9. The molecule has 7 heteroatoms. The van der Waals surface area contributed by atoms with Crippen molar-refractivity contribution in [1.82, 2.24) is 9.78 Å². The molecule has 1 aliphatic carbocycles. The molecule has 224 valence electrons. The third-order valence-corrected chi connectivity index (χ3v) is 9.06. The first-order valence-corrected chi connectivity index (χ1v) is 15.2. The smallest absolute Gasteiger partial charge is 0.307 e. The molecule has 4 aromatic rings. The van der Waals surface area contributed by atoms with Gasteiger partial charge >= 0.3 is 5.97 Å². The summed E-state index contributed by atoms with van der Waals surface area (Å²) >= 11 is 0. The van der Waals surface area contributed by atoms with Gasteiger partial charge in [0.15, 0.2) is 0 Å². The predicted octanol–water partition coefficient (Wildman–Crippen LogP) is 6.96. The highest BCUT2D eigenvalue weighted by atomic mass is 16.4. The molecule has 1 saturated carbocycles. The number of aromatic nitrogens is 2. The number of hydrogen-bond donors (Lipinski definition) is 2. The minimum Gasteiger partial charge on any atom is -0.481 e. The molecule has 0 bridgehead atoms. The van der Waals surface area contributed by atoms with Gasteiger partial charge in [-0.05, 0) is 71.9 Å². The molecule has 2 N–H and O–H groups in total. The van der Waals surface area contributed by atoms with Gasteiger partial charge in [0.05, 0.1) is 30.0 Å². The second kappa shape index (κ2) is 12.5. The molecule has 0 radical (unpaired) electrons. The van der Waals surface area contributed by atoms with Crippen molar-refractivity contribution in [1.29, 1.82) is 0 Å². The number of carboxylic acid groups (broad SMARTS) is 1. The van der Waals surface area contributed by atoms with Crippen LogP contribution in [0.3, 0.4) is 0 Å². The zero-order valence-corrected chi connectivity index (χ0v) is 25.5. The second-order valence-electron chi connectivity index (χ2n) is 13.0. The Labute approximate surface area is 253 Å². The van der Waals surface area contributed by atoms with Crippen LogP contribution in [0.1, 0.15) is 74.6 Å². The zero-order valence-electron chi connectivity index (χ0n) is 25.5. The van der Waals surface area contributed by atoms with Crippen molar-refractivity contribution in [3.8, 4) is 0 Å². The highest BCUT2D eigenvalue weighted by molar-refractivity contribution is 5.97. The Bertz CT molecular complexity index is 1680. The van der Waals surface area contributed by atoms with E-state index in [0.717, 1.165) is 59.0 Å². The molecule has 1 amide bonds. The molecule has 1 fully saturated rings. The van der Waals surface area contributed by atoms with Crippen LogP contribution in [0.2, 0.25) is 0 Å². The fraction of sp³-hybridized carbons (Fsp3) is 0.389. The third-order valence-electron chi connectivity index (χ3n) is 9.06. The third kappa shape index (κ3) is 6.71. The summed E-state index contributed by atoms with van der Waals surface area (Å²) in [5.41, 5.74) is 3.94. The first kappa shape index (κ1) is 30.2. The Kier molecular flexibility index (Phi) is 8.81. The minimum absolute atomic E-state index is 0.0436. The molecule has 7 nitrogen and oxygen atoms in total. The summed E-state index contributed by atoms with van der Waals surface area (Å²) in [7, 11) is 0. The van der Waals surface area contributed by atoms with Crippen LogP contribution in [0.5, 0.6) is 0 Å². The van der Waals surface area contributed by atoms with Crippen molar-refractivity contribution in [2.24, 2.45) is 17.3 Å². The van der Waals surface area contributed by atoms with Crippen LogP contribution in [0.4, 0.5) is 5.69 Å². The Balaban J connectivity index is 1.37. The van der Waals surface area contributed by atoms with Crippen molar-refractivity contribution in [3.63, 3.8) is 0 Å². The number of carbonyl (C=O) groups is 2. The molecular weight excluding hydrogens is 538 g/mol. The average Bonchev–Trinajstić information content (AvgIpc) is 3.49. The van der Waals surface area contributed by atoms with Gasteiger partial charge in [-0.25, -0.2) is 4.68 Å². The van der Waals surface area contributed by atoms with Crippen LogP contribution in [-0.2, 0) is 22.6 Å². The number of aliphatic carboxylic acids is 1.